The molecule has 0 aliphatic rings. The average molecular weight is 560 g/mol. The van der Waals surface area contributed by atoms with E-state index in [0.29, 0.717) is 5.30 Å². The van der Waals surface area contributed by atoms with Gasteiger partial charge in [-0.25, -0.2) is 17.2 Å². The van der Waals surface area contributed by atoms with Crippen LogP contribution >= 0.6 is 19.0 Å². The number of halogens is 1. The molecular formula is C27H27ClNO6PS. The lowest BCUT2D eigenvalue weighted by Crippen LogP contribution is -2.28. The molecule has 37 heavy (non-hydrogen) atoms. The van der Waals surface area contributed by atoms with Gasteiger partial charge in [0.05, 0.1) is 28.9 Å². The van der Waals surface area contributed by atoms with Gasteiger partial charge in [-0.15, -0.1) is 0 Å². The van der Waals surface area contributed by atoms with Crippen molar-refractivity contribution >= 4 is 56.5 Å². The number of hydrogen-bond acceptors (Lipinski definition) is 6. The molecule has 1 heterocycles. The smallest absolute Gasteiger partial charge is 0.356 e. The summed E-state index contributed by atoms with van der Waals surface area (Å²) < 4.78 is 55.1. The molecule has 0 bridgehead atoms. The third kappa shape index (κ3) is 4.87. The minimum Gasteiger partial charge on any atom is -0.461 e. The van der Waals surface area contributed by atoms with E-state index in [1.807, 2.05) is 19.9 Å². The Morgan fingerprint density at radius 3 is 2.19 bits per heavy atom. The Bertz CT molecular complexity index is 1630. The van der Waals surface area contributed by atoms with Crippen molar-refractivity contribution < 1.29 is 27.0 Å². The van der Waals surface area contributed by atoms with E-state index in [-0.39, 0.29) is 45.0 Å². The third-order valence-corrected chi connectivity index (χ3v) is 10.3. The van der Waals surface area contributed by atoms with Gasteiger partial charge in [0.25, 0.3) is 17.4 Å². The number of fused-ring (bicyclic) bond motifs is 1. The number of esters is 1. The minimum absolute atomic E-state index is 0.0194. The minimum atomic E-state index is -4.33. The zero-order valence-electron chi connectivity index (χ0n) is 20.9. The van der Waals surface area contributed by atoms with E-state index in [0.717, 1.165) is 15.1 Å². The number of rotatable bonds is 8. The summed E-state index contributed by atoms with van der Waals surface area (Å²) in [5, 5.41) is 0.788. The fourth-order valence-corrected chi connectivity index (χ4v) is 8.80. The molecular weight excluding hydrogens is 533 g/mol. The highest BCUT2D eigenvalue weighted by Gasteiger charge is 2.42. The van der Waals surface area contributed by atoms with Gasteiger partial charge in [-0.1, -0.05) is 47.0 Å². The van der Waals surface area contributed by atoms with Gasteiger partial charge in [0.2, 0.25) is 0 Å². The Morgan fingerprint density at radius 2 is 1.59 bits per heavy atom. The highest BCUT2D eigenvalue weighted by atomic mass is 35.5. The van der Waals surface area contributed by atoms with Gasteiger partial charge >= 0.3 is 5.97 Å². The maximum atomic E-state index is 15.0. The van der Waals surface area contributed by atoms with E-state index in [2.05, 4.69) is 0 Å². The lowest BCUT2D eigenvalue weighted by atomic mass is 10.2. The predicted molar refractivity (Wildman–Crippen MR) is 146 cm³/mol. The molecule has 0 fully saturated rings. The number of carbonyl (C=O) groups is 1. The van der Waals surface area contributed by atoms with Crippen LogP contribution in [0.1, 0.15) is 35.5 Å². The van der Waals surface area contributed by atoms with Gasteiger partial charge in [0.1, 0.15) is 0 Å². The molecule has 4 aromatic rings. The SMILES string of the molecule is CCOC(=O)c1c(P(=O)(OCC)c2cc(C)cc(C)c2)c2cc(Cl)ccc2n1S(=O)(=O)c1ccccc1. The van der Waals surface area contributed by atoms with E-state index in [1.54, 1.807) is 44.2 Å². The number of aromatic nitrogens is 1. The fraction of sp³-hybridized carbons (Fsp3) is 0.222. The number of hydrogen-bond donors (Lipinski definition) is 0. The van der Waals surface area contributed by atoms with Gasteiger partial charge in [0, 0.05) is 15.7 Å². The van der Waals surface area contributed by atoms with Crippen molar-refractivity contribution in [3.63, 3.8) is 0 Å². The maximum absolute atomic E-state index is 15.0. The van der Waals surface area contributed by atoms with Crippen LogP contribution in [-0.2, 0) is 23.8 Å². The number of carbonyl (C=O) groups excluding carboxylic acids is 1. The van der Waals surface area contributed by atoms with Crippen molar-refractivity contribution in [2.75, 3.05) is 13.2 Å². The Kier molecular flexibility index (Phi) is 7.67. The summed E-state index contributed by atoms with van der Waals surface area (Å²) in [6.07, 6.45) is 0. The number of aryl methyl sites for hydroxylation is 2. The number of nitrogens with zero attached hydrogens (tertiary/aromatic N) is 1. The molecule has 194 valence electrons. The van der Waals surface area contributed by atoms with E-state index < -0.39 is 23.4 Å². The van der Waals surface area contributed by atoms with Gasteiger partial charge in [-0.05, 0) is 70.2 Å². The molecule has 0 aliphatic carbocycles. The lowest BCUT2D eigenvalue weighted by Gasteiger charge is -2.21. The van der Waals surface area contributed by atoms with Crippen molar-refractivity contribution in [3.8, 4) is 0 Å². The number of ether oxygens (including phenoxy) is 1. The predicted octanol–water partition coefficient (Wildman–Crippen LogP) is 5.59. The zero-order chi connectivity index (χ0) is 27.0. The van der Waals surface area contributed by atoms with Crippen LogP contribution in [0, 0.1) is 13.8 Å². The van der Waals surface area contributed by atoms with Crippen molar-refractivity contribution in [1.82, 2.24) is 3.97 Å². The third-order valence-electron chi connectivity index (χ3n) is 5.76. The molecule has 1 aromatic heterocycles. The van der Waals surface area contributed by atoms with E-state index in [9.17, 15) is 17.8 Å². The van der Waals surface area contributed by atoms with Crippen LogP contribution in [0.3, 0.4) is 0 Å². The van der Waals surface area contributed by atoms with Crippen LogP contribution in [0.25, 0.3) is 10.9 Å². The van der Waals surface area contributed by atoms with Gasteiger partial charge in [-0.3, -0.25) is 4.57 Å². The van der Waals surface area contributed by atoms with E-state index in [1.165, 1.54) is 30.3 Å². The van der Waals surface area contributed by atoms with Gasteiger partial charge in [0.15, 0.2) is 5.69 Å². The molecule has 10 heteroatoms. The number of benzene rings is 3. The molecule has 0 spiro atoms. The molecule has 0 saturated heterocycles. The van der Waals surface area contributed by atoms with Crippen LogP contribution in [-0.4, -0.2) is 31.6 Å². The summed E-state index contributed by atoms with van der Waals surface area (Å²) >= 11 is 6.34. The second-order valence-corrected chi connectivity index (χ2v) is 13.0. The summed E-state index contributed by atoms with van der Waals surface area (Å²) in [4.78, 5) is 13.5. The Balaban J connectivity index is 2.24. The second-order valence-electron chi connectivity index (χ2n) is 8.48. The summed E-state index contributed by atoms with van der Waals surface area (Å²) in [6.45, 7) is 7.04. The summed E-state index contributed by atoms with van der Waals surface area (Å²) in [6, 6.07) is 17.6. The van der Waals surface area contributed by atoms with Crippen molar-refractivity contribution in [3.05, 3.63) is 88.6 Å². The first-order chi connectivity index (χ1) is 17.5. The highest BCUT2D eigenvalue weighted by molar-refractivity contribution is 7.90. The average Bonchev–Trinajstić information content (AvgIpc) is 3.20. The van der Waals surface area contributed by atoms with Gasteiger partial charge < -0.3 is 9.26 Å². The van der Waals surface area contributed by atoms with Crippen molar-refractivity contribution in [2.45, 2.75) is 32.6 Å². The normalized spacial score (nSPS) is 13.4. The summed E-state index contributed by atoms with van der Waals surface area (Å²) in [5.74, 6) is -0.936. The van der Waals surface area contributed by atoms with E-state index >= 15 is 0 Å². The van der Waals surface area contributed by atoms with Crippen LogP contribution in [0.15, 0.2) is 71.6 Å². The molecule has 3 aromatic carbocycles. The Labute approximate surface area is 221 Å². The molecule has 7 nitrogen and oxygen atoms in total. The molecule has 0 aliphatic heterocycles. The van der Waals surface area contributed by atoms with Crippen molar-refractivity contribution in [1.29, 1.82) is 0 Å². The molecule has 4 rings (SSSR count). The molecule has 0 saturated carbocycles. The Morgan fingerprint density at radius 1 is 0.946 bits per heavy atom. The largest absolute Gasteiger partial charge is 0.461 e. The topological polar surface area (TPSA) is 91.7 Å². The van der Waals surface area contributed by atoms with Crippen LogP contribution in [0.2, 0.25) is 5.02 Å². The molecule has 0 N–H and O–H groups in total. The lowest BCUT2D eigenvalue weighted by molar-refractivity contribution is 0.0520. The molecule has 0 amide bonds. The Hall–Kier alpha value is -2.90. The standard InChI is InChI=1S/C27H27ClNO6PS/c1-5-34-27(30)25-26(36(31,35-6-2)21-15-18(3)14-19(4)16-21)23-17-20(28)12-13-24(23)29(25)37(32,33)22-10-8-7-9-11-22/h7-17H,5-6H2,1-4H3. The quantitative estimate of drug-likeness (QED) is 0.206. The van der Waals surface area contributed by atoms with Crippen LogP contribution < -0.4 is 10.6 Å². The van der Waals surface area contributed by atoms with Gasteiger partial charge in [-0.2, -0.15) is 0 Å². The molecule has 1 atom stereocenters. The van der Waals surface area contributed by atoms with Crippen LogP contribution in [0.4, 0.5) is 0 Å². The summed E-state index contributed by atoms with van der Waals surface area (Å²) in [7, 11) is -8.37. The first kappa shape index (κ1) is 27.1. The first-order valence-corrected chi connectivity index (χ1v) is 15.1. The molecule has 1 unspecified atom stereocenters. The van der Waals surface area contributed by atoms with Crippen LogP contribution in [0.5, 0.6) is 0 Å². The fourth-order valence-electron chi connectivity index (χ4n) is 4.41. The van der Waals surface area contributed by atoms with Crippen molar-refractivity contribution in [2.24, 2.45) is 0 Å². The molecule has 0 radical (unpaired) electrons. The maximum Gasteiger partial charge on any atom is 0.356 e. The van der Waals surface area contributed by atoms with E-state index in [4.69, 9.17) is 20.9 Å². The summed E-state index contributed by atoms with van der Waals surface area (Å²) in [5.41, 5.74) is 1.44. The first-order valence-electron chi connectivity index (χ1n) is 11.7. The monoisotopic (exact) mass is 559 g/mol. The second kappa shape index (κ2) is 10.5. The highest BCUT2D eigenvalue weighted by Crippen LogP contribution is 2.49. The zero-order valence-corrected chi connectivity index (χ0v) is 23.4.